The maximum atomic E-state index is 11.6. The van der Waals surface area contributed by atoms with Crippen molar-refractivity contribution in [1.82, 2.24) is 0 Å². The second-order valence-corrected chi connectivity index (χ2v) is 24.7. The average molecular weight is 1400 g/mol. The molecule has 2 aliphatic heterocycles. The van der Waals surface area contributed by atoms with Crippen molar-refractivity contribution >= 4 is 127 Å². The number of aliphatic hydroxyl groups excluding tert-OH is 1. The average Bonchev–Trinajstić information content (AvgIpc) is 4.19. The van der Waals surface area contributed by atoms with E-state index in [4.69, 9.17) is 28.4 Å². The van der Waals surface area contributed by atoms with Crippen LogP contribution in [0.4, 0.5) is 0 Å². The van der Waals surface area contributed by atoms with E-state index >= 15 is 0 Å². The van der Waals surface area contributed by atoms with Crippen LogP contribution in [0.25, 0.3) is 0 Å². The Balaban J connectivity index is 1.13. The van der Waals surface area contributed by atoms with Crippen LogP contribution in [0.1, 0.15) is 116 Å². The summed E-state index contributed by atoms with van der Waals surface area (Å²) in [6.07, 6.45) is 4.01. The van der Waals surface area contributed by atoms with Crippen LogP contribution in [0.15, 0.2) is 84.3 Å². The lowest BCUT2D eigenvalue weighted by molar-refractivity contribution is -0.0109. The van der Waals surface area contributed by atoms with E-state index in [-0.39, 0.29) is 29.8 Å². The van der Waals surface area contributed by atoms with Crippen molar-refractivity contribution in [2.75, 3.05) is 26.4 Å². The highest BCUT2D eigenvalue weighted by Gasteiger charge is 2.39. The standard InChI is InChI=1S/C49H56Br8O7/c1-9-48(10-2,63-44-38(54)17-29(18-39(44)55)47(7,8)28-15-36(52)43(37(53)16-28)62-26-33-25-60-33)21-31(58)23-61-42-34(50)13-27(14-35(42)51)46(5,6)30-19-40(56)45(41(57)20-30)64-49(11-3,12-4)22-32-24-59-32/h13-20,31-33,58H,9-12,21-26H2,1-8H3. The highest BCUT2D eigenvalue weighted by atomic mass is 79.9. The van der Waals surface area contributed by atoms with Gasteiger partial charge < -0.3 is 33.5 Å². The number of hydrogen-bond acceptors (Lipinski definition) is 7. The highest BCUT2D eigenvalue weighted by molar-refractivity contribution is 9.12. The molecule has 2 fully saturated rings. The van der Waals surface area contributed by atoms with Crippen molar-refractivity contribution in [3.8, 4) is 23.0 Å². The van der Waals surface area contributed by atoms with Crippen molar-refractivity contribution < 1.29 is 33.5 Å². The fourth-order valence-electron chi connectivity index (χ4n) is 7.98. The number of halogens is 8. The molecule has 3 atom stereocenters. The van der Waals surface area contributed by atoms with E-state index in [1.165, 1.54) is 0 Å². The second kappa shape index (κ2) is 21.8. The molecule has 3 unspecified atom stereocenters. The first-order valence-electron chi connectivity index (χ1n) is 21.6. The summed E-state index contributed by atoms with van der Waals surface area (Å²) in [6, 6.07) is 16.9. The smallest absolute Gasteiger partial charge is 0.148 e. The molecular weight excluding hydrogens is 1340 g/mol. The van der Waals surface area contributed by atoms with Crippen molar-refractivity contribution in [3.05, 3.63) is 107 Å². The molecule has 0 bridgehead atoms. The van der Waals surface area contributed by atoms with Crippen LogP contribution < -0.4 is 18.9 Å². The first-order chi connectivity index (χ1) is 30.1. The van der Waals surface area contributed by atoms with E-state index in [2.05, 4.69) is 231 Å². The van der Waals surface area contributed by atoms with Gasteiger partial charge in [0.05, 0.1) is 61.2 Å². The van der Waals surface area contributed by atoms with Gasteiger partial charge in [-0.15, -0.1) is 0 Å². The predicted molar refractivity (Wildman–Crippen MR) is 285 cm³/mol. The molecule has 1 N–H and O–H groups in total. The van der Waals surface area contributed by atoms with E-state index in [0.717, 1.165) is 102 Å². The quantitative estimate of drug-likeness (QED) is 0.0785. The Bertz CT molecular complexity index is 2210. The summed E-state index contributed by atoms with van der Waals surface area (Å²) in [6.45, 7) is 19.5. The maximum absolute atomic E-state index is 11.6. The monoisotopic (exact) mass is 1390 g/mol. The van der Waals surface area contributed by atoms with Gasteiger partial charge in [-0.1, -0.05) is 55.4 Å². The van der Waals surface area contributed by atoms with Gasteiger partial charge in [0.25, 0.3) is 0 Å². The van der Waals surface area contributed by atoms with Crippen LogP contribution in [0, 0.1) is 0 Å². The number of aliphatic hydroxyl groups is 1. The Labute approximate surface area is 446 Å². The number of benzene rings is 4. The maximum Gasteiger partial charge on any atom is 0.148 e. The van der Waals surface area contributed by atoms with Crippen LogP contribution in [-0.4, -0.2) is 61.0 Å². The second-order valence-electron chi connectivity index (χ2n) is 17.9. The molecule has 2 aliphatic rings. The van der Waals surface area contributed by atoms with Gasteiger partial charge in [-0.25, -0.2) is 0 Å². The summed E-state index contributed by atoms with van der Waals surface area (Å²) >= 11 is 30.5. The van der Waals surface area contributed by atoms with Gasteiger partial charge in [0.2, 0.25) is 0 Å². The van der Waals surface area contributed by atoms with Crippen molar-refractivity contribution in [3.63, 3.8) is 0 Å². The Morgan fingerprint density at radius 1 is 0.516 bits per heavy atom. The zero-order valence-corrected chi connectivity index (χ0v) is 50.0. The summed E-state index contributed by atoms with van der Waals surface area (Å²) in [5, 5.41) is 11.6. The predicted octanol–water partition coefficient (Wildman–Crippen LogP) is 16.7. The van der Waals surface area contributed by atoms with E-state index in [1.54, 1.807) is 0 Å². The summed E-state index contributed by atoms with van der Waals surface area (Å²) in [5.41, 5.74) is 2.65. The van der Waals surface area contributed by atoms with Crippen LogP contribution in [0.5, 0.6) is 23.0 Å². The van der Waals surface area contributed by atoms with Gasteiger partial charge in [-0.05, 0) is 224 Å². The first-order valence-corrected chi connectivity index (χ1v) is 28.0. The summed E-state index contributed by atoms with van der Waals surface area (Å²) in [5.74, 6) is 2.88. The first kappa shape index (κ1) is 53.2. The fourth-order valence-corrected chi connectivity index (χ4v) is 13.5. The van der Waals surface area contributed by atoms with E-state index < -0.39 is 17.1 Å². The van der Waals surface area contributed by atoms with Crippen LogP contribution in [0.3, 0.4) is 0 Å². The third-order valence-electron chi connectivity index (χ3n) is 12.9. The topological polar surface area (TPSA) is 82.2 Å². The zero-order valence-electron chi connectivity index (χ0n) is 37.3. The molecule has 64 heavy (non-hydrogen) atoms. The van der Waals surface area contributed by atoms with Gasteiger partial charge in [-0.3, -0.25) is 0 Å². The van der Waals surface area contributed by atoms with E-state index in [0.29, 0.717) is 37.4 Å². The van der Waals surface area contributed by atoms with Crippen molar-refractivity contribution in [2.45, 2.75) is 134 Å². The molecule has 4 aromatic rings. The van der Waals surface area contributed by atoms with Crippen LogP contribution >= 0.6 is 127 Å². The van der Waals surface area contributed by atoms with Gasteiger partial charge >= 0.3 is 0 Å². The number of epoxide rings is 2. The Morgan fingerprint density at radius 3 is 1.16 bits per heavy atom. The normalized spacial score (nSPS) is 17.0. The molecule has 0 radical (unpaired) electrons. The largest absolute Gasteiger partial charge is 0.489 e. The lowest BCUT2D eigenvalue weighted by Crippen LogP contribution is -2.40. The molecule has 2 heterocycles. The third kappa shape index (κ3) is 12.4. The van der Waals surface area contributed by atoms with E-state index in [1.807, 2.05) is 0 Å². The van der Waals surface area contributed by atoms with Crippen molar-refractivity contribution in [1.29, 1.82) is 0 Å². The minimum absolute atomic E-state index is 0.0784. The Morgan fingerprint density at radius 2 is 0.828 bits per heavy atom. The number of hydrogen-bond donors (Lipinski definition) is 1. The molecule has 7 nitrogen and oxygen atoms in total. The third-order valence-corrected chi connectivity index (χ3v) is 17.7. The Hall–Kier alpha value is -0.200. The number of rotatable bonds is 22. The lowest BCUT2D eigenvalue weighted by Gasteiger charge is -2.36. The molecular formula is C49H56Br8O7. The molecule has 2 saturated heterocycles. The van der Waals surface area contributed by atoms with Crippen LogP contribution in [0.2, 0.25) is 0 Å². The minimum atomic E-state index is -0.808. The van der Waals surface area contributed by atoms with Gasteiger partial charge in [0.1, 0.15) is 53.5 Å². The van der Waals surface area contributed by atoms with Crippen molar-refractivity contribution in [2.24, 2.45) is 0 Å². The number of ether oxygens (including phenoxy) is 6. The summed E-state index contributed by atoms with van der Waals surface area (Å²) in [7, 11) is 0. The van der Waals surface area contributed by atoms with Gasteiger partial charge in [-0.2, -0.15) is 0 Å². The molecule has 350 valence electrons. The SMILES string of the molecule is CCC(CC)(CC(O)COc1c(Br)cc(C(C)(C)c2cc(Br)c(OC(CC)(CC)CC3CO3)c(Br)c2)cc1Br)Oc1c(Br)cc(C(C)(C)c2cc(Br)c(OCC3CO3)c(Br)c2)cc1Br. The minimum Gasteiger partial charge on any atom is -0.489 e. The highest BCUT2D eigenvalue weighted by Crippen LogP contribution is 2.48. The van der Waals surface area contributed by atoms with Gasteiger partial charge in [0.15, 0.2) is 0 Å². The van der Waals surface area contributed by atoms with Gasteiger partial charge in [0, 0.05) is 23.7 Å². The Kier molecular flexibility index (Phi) is 18.1. The molecule has 4 aromatic carbocycles. The molecule has 0 aromatic heterocycles. The summed E-state index contributed by atoms with van der Waals surface area (Å²) in [4.78, 5) is 0. The molecule has 0 aliphatic carbocycles. The fraction of sp³-hybridized carbons (Fsp3) is 0.510. The zero-order chi connectivity index (χ0) is 46.9. The van der Waals surface area contributed by atoms with E-state index in [9.17, 15) is 5.11 Å². The summed E-state index contributed by atoms with van der Waals surface area (Å²) < 4.78 is 43.7. The van der Waals surface area contributed by atoms with Crippen LogP contribution in [-0.2, 0) is 20.3 Å². The molecule has 0 saturated carbocycles. The molecule has 6 rings (SSSR count). The molecule has 15 heteroatoms. The lowest BCUT2D eigenvalue weighted by atomic mass is 9.78. The molecule has 0 spiro atoms. The molecule has 0 amide bonds.